The lowest BCUT2D eigenvalue weighted by atomic mass is 10.2. The summed E-state index contributed by atoms with van der Waals surface area (Å²) in [6.45, 7) is 3.42. The van der Waals surface area contributed by atoms with Crippen LogP contribution in [0, 0.1) is 0 Å². The predicted octanol–water partition coefficient (Wildman–Crippen LogP) is 0.921. The molecule has 8 heteroatoms. The molecule has 1 aromatic rings. The van der Waals surface area contributed by atoms with Crippen molar-refractivity contribution in [2.45, 2.75) is 19.0 Å². The summed E-state index contributed by atoms with van der Waals surface area (Å²) in [6.07, 6.45) is 3.45. The van der Waals surface area contributed by atoms with Gasteiger partial charge in [-0.1, -0.05) is 0 Å². The molecule has 3 rings (SSSR count). The topological polar surface area (TPSA) is 58.4 Å². The summed E-state index contributed by atoms with van der Waals surface area (Å²) in [4.78, 5) is 29.1. The summed E-state index contributed by atoms with van der Waals surface area (Å²) in [7, 11) is 0. The highest BCUT2D eigenvalue weighted by Crippen LogP contribution is 2.26. The Morgan fingerprint density at radius 3 is 2.73 bits per heavy atom. The normalized spacial score (nSPS) is 23.6. The van der Waals surface area contributed by atoms with Crippen molar-refractivity contribution in [3.8, 4) is 0 Å². The van der Waals surface area contributed by atoms with E-state index in [1.54, 1.807) is 39.8 Å². The summed E-state index contributed by atoms with van der Waals surface area (Å²) in [6, 6.07) is 1.11. The lowest BCUT2D eigenvalue weighted by Gasteiger charge is -2.32. The number of carbonyl (C=O) groups is 2. The molecule has 2 aliphatic rings. The van der Waals surface area contributed by atoms with Crippen LogP contribution in [0.25, 0.3) is 0 Å². The summed E-state index contributed by atoms with van der Waals surface area (Å²) < 4.78 is 1.64. The maximum atomic E-state index is 12.7. The van der Waals surface area contributed by atoms with Gasteiger partial charge in [0.15, 0.2) is 0 Å². The molecule has 22 heavy (non-hydrogen) atoms. The van der Waals surface area contributed by atoms with Gasteiger partial charge in [0.1, 0.15) is 12.1 Å². The van der Waals surface area contributed by atoms with Crippen molar-refractivity contribution in [1.29, 1.82) is 0 Å². The van der Waals surface area contributed by atoms with E-state index in [0.29, 0.717) is 11.6 Å². The zero-order valence-electron chi connectivity index (χ0n) is 12.6. The molecule has 1 aromatic heterocycles. The van der Waals surface area contributed by atoms with Gasteiger partial charge in [-0.3, -0.25) is 14.3 Å². The Morgan fingerprint density at radius 2 is 2.05 bits per heavy atom. The highest BCUT2D eigenvalue weighted by atomic mass is 32.2. The standard InChI is InChI=1S/C14H20N4O2S2/c1-11(18-4-2-3-15-18)13(19)17-10-22-9-12(17)14(20)16-5-7-21-8-6-16/h2-4,11-12H,5-10H2,1H3/t11-,12+/m0/s1. The van der Waals surface area contributed by atoms with E-state index in [0.717, 1.165) is 24.6 Å². The minimum atomic E-state index is -0.374. The molecule has 2 saturated heterocycles. The van der Waals surface area contributed by atoms with E-state index in [1.807, 2.05) is 23.6 Å². The van der Waals surface area contributed by atoms with Crippen LogP contribution in [0.2, 0.25) is 0 Å². The third-order valence-electron chi connectivity index (χ3n) is 4.05. The molecule has 0 N–H and O–H groups in total. The lowest BCUT2D eigenvalue weighted by molar-refractivity contribution is -0.144. The molecule has 3 heterocycles. The van der Waals surface area contributed by atoms with Crippen molar-refractivity contribution < 1.29 is 9.59 Å². The first kappa shape index (κ1) is 15.7. The minimum absolute atomic E-state index is 0.0292. The number of amides is 2. The van der Waals surface area contributed by atoms with E-state index in [-0.39, 0.29) is 23.9 Å². The Balaban J connectivity index is 1.69. The second-order valence-corrected chi connectivity index (χ2v) is 7.65. The van der Waals surface area contributed by atoms with Gasteiger partial charge in [0.05, 0.1) is 5.88 Å². The second-order valence-electron chi connectivity index (χ2n) is 5.42. The summed E-state index contributed by atoms with van der Waals surface area (Å²) in [5.41, 5.74) is 0. The fraction of sp³-hybridized carbons (Fsp3) is 0.643. The maximum absolute atomic E-state index is 12.7. The second kappa shape index (κ2) is 6.95. The fourth-order valence-corrected chi connectivity index (χ4v) is 4.78. The molecular formula is C14H20N4O2S2. The van der Waals surface area contributed by atoms with E-state index < -0.39 is 0 Å². The summed E-state index contributed by atoms with van der Waals surface area (Å²) in [5, 5.41) is 4.13. The largest absolute Gasteiger partial charge is 0.339 e. The van der Waals surface area contributed by atoms with E-state index >= 15 is 0 Å². The Hall–Kier alpha value is -1.15. The van der Waals surface area contributed by atoms with Gasteiger partial charge in [-0.05, 0) is 13.0 Å². The van der Waals surface area contributed by atoms with Gasteiger partial charge in [-0.25, -0.2) is 0 Å². The Kier molecular flexibility index (Phi) is 4.97. The Labute approximate surface area is 138 Å². The van der Waals surface area contributed by atoms with Gasteiger partial charge in [-0.15, -0.1) is 11.8 Å². The first-order chi connectivity index (χ1) is 10.7. The zero-order valence-corrected chi connectivity index (χ0v) is 14.2. The number of aromatic nitrogens is 2. The monoisotopic (exact) mass is 340 g/mol. The number of rotatable bonds is 3. The molecule has 0 saturated carbocycles. The molecule has 0 radical (unpaired) electrons. The van der Waals surface area contributed by atoms with Crippen LogP contribution >= 0.6 is 23.5 Å². The van der Waals surface area contributed by atoms with Crippen molar-refractivity contribution in [2.75, 3.05) is 36.2 Å². The van der Waals surface area contributed by atoms with E-state index in [2.05, 4.69) is 5.10 Å². The van der Waals surface area contributed by atoms with E-state index in [9.17, 15) is 9.59 Å². The third kappa shape index (κ3) is 3.12. The molecule has 2 aliphatic heterocycles. The van der Waals surface area contributed by atoms with Crippen LogP contribution in [0.1, 0.15) is 13.0 Å². The van der Waals surface area contributed by atoms with Crippen LogP contribution < -0.4 is 0 Å². The molecule has 120 valence electrons. The van der Waals surface area contributed by atoms with Crippen LogP contribution in [-0.4, -0.2) is 73.7 Å². The quantitative estimate of drug-likeness (QED) is 0.819. The summed E-state index contributed by atoms with van der Waals surface area (Å²) >= 11 is 3.53. The fourth-order valence-electron chi connectivity index (χ4n) is 2.72. The van der Waals surface area contributed by atoms with Crippen molar-refractivity contribution in [3.05, 3.63) is 18.5 Å². The molecule has 2 amide bonds. The predicted molar refractivity (Wildman–Crippen MR) is 88.8 cm³/mol. The first-order valence-electron chi connectivity index (χ1n) is 7.42. The molecule has 0 spiro atoms. The van der Waals surface area contributed by atoms with Crippen molar-refractivity contribution in [2.24, 2.45) is 0 Å². The highest BCUT2D eigenvalue weighted by molar-refractivity contribution is 7.99. The molecule has 6 nitrogen and oxygen atoms in total. The van der Waals surface area contributed by atoms with Gasteiger partial charge in [0, 0.05) is 42.7 Å². The number of thioether (sulfide) groups is 2. The van der Waals surface area contributed by atoms with Gasteiger partial charge in [-0.2, -0.15) is 16.9 Å². The summed E-state index contributed by atoms with van der Waals surface area (Å²) in [5.74, 6) is 3.33. The van der Waals surface area contributed by atoms with Crippen LogP contribution in [0.5, 0.6) is 0 Å². The Bertz CT molecular complexity index is 531. The van der Waals surface area contributed by atoms with Gasteiger partial charge in [0.25, 0.3) is 0 Å². The van der Waals surface area contributed by atoms with Crippen LogP contribution in [-0.2, 0) is 9.59 Å². The lowest BCUT2D eigenvalue weighted by Crippen LogP contribution is -2.52. The number of carbonyl (C=O) groups excluding carboxylic acids is 2. The van der Waals surface area contributed by atoms with Crippen LogP contribution in [0.3, 0.4) is 0 Å². The average Bonchev–Trinajstić information content (AvgIpc) is 3.24. The number of nitrogens with zero attached hydrogens (tertiary/aromatic N) is 4. The smallest absolute Gasteiger partial charge is 0.248 e. The molecule has 0 aliphatic carbocycles. The van der Waals surface area contributed by atoms with Crippen molar-refractivity contribution in [1.82, 2.24) is 19.6 Å². The van der Waals surface area contributed by atoms with Crippen LogP contribution in [0.4, 0.5) is 0 Å². The average molecular weight is 340 g/mol. The molecule has 2 atom stereocenters. The van der Waals surface area contributed by atoms with Crippen LogP contribution in [0.15, 0.2) is 18.5 Å². The molecule has 0 aromatic carbocycles. The van der Waals surface area contributed by atoms with E-state index in [1.165, 1.54) is 0 Å². The molecule has 2 fully saturated rings. The third-order valence-corrected chi connectivity index (χ3v) is 6.01. The van der Waals surface area contributed by atoms with Crippen molar-refractivity contribution >= 4 is 35.3 Å². The van der Waals surface area contributed by atoms with Gasteiger partial charge >= 0.3 is 0 Å². The first-order valence-corrected chi connectivity index (χ1v) is 9.73. The highest BCUT2D eigenvalue weighted by Gasteiger charge is 2.39. The minimum Gasteiger partial charge on any atom is -0.339 e. The molecular weight excluding hydrogens is 320 g/mol. The number of hydrogen-bond acceptors (Lipinski definition) is 5. The maximum Gasteiger partial charge on any atom is 0.248 e. The van der Waals surface area contributed by atoms with Gasteiger partial charge < -0.3 is 9.80 Å². The Morgan fingerprint density at radius 1 is 1.27 bits per heavy atom. The SMILES string of the molecule is C[C@@H](C(=O)N1CSC[C@@H]1C(=O)N1CCSCC1)n1cccn1. The zero-order chi connectivity index (χ0) is 15.5. The molecule has 0 bridgehead atoms. The van der Waals surface area contributed by atoms with Crippen molar-refractivity contribution in [3.63, 3.8) is 0 Å². The number of hydrogen-bond donors (Lipinski definition) is 0. The molecule has 0 unspecified atom stereocenters. The van der Waals surface area contributed by atoms with E-state index in [4.69, 9.17) is 0 Å². The van der Waals surface area contributed by atoms with Gasteiger partial charge in [0.2, 0.25) is 11.8 Å².